The van der Waals surface area contributed by atoms with Gasteiger partial charge in [0.05, 0.1) is 5.02 Å². The smallest absolute Gasteiger partial charge is 0.244 e. The summed E-state index contributed by atoms with van der Waals surface area (Å²) < 4.78 is 27.2. The second kappa shape index (κ2) is 5.88. The van der Waals surface area contributed by atoms with Crippen LogP contribution in [0.1, 0.15) is 38.2 Å². The highest BCUT2D eigenvalue weighted by atomic mass is 35.5. The van der Waals surface area contributed by atoms with Crippen LogP contribution in [0.15, 0.2) is 23.1 Å². The van der Waals surface area contributed by atoms with Crippen molar-refractivity contribution < 1.29 is 8.42 Å². The summed E-state index contributed by atoms with van der Waals surface area (Å²) in [5.41, 5.74) is 0.969. The zero-order valence-corrected chi connectivity index (χ0v) is 13.8. The van der Waals surface area contributed by atoms with Gasteiger partial charge >= 0.3 is 0 Å². The zero-order valence-electron chi connectivity index (χ0n) is 12.2. The van der Waals surface area contributed by atoms with Gasteiger partial charge < -0.3 is 5.32 Å². The Morgan fingerprint density at radius 1 is 1.29 bits per heavy atom. The van der Waals surface area contributed by atoms with Crippen LogP contribution in [-0.4, -0.2) is 31.4 Å². The Morgan fingerprint density at radius 2 is 2.00 bits per heavy atom. The van der Waals surface area contributed by atoms with E-state index in [0.717, 1.165) is 18.4 Å². The molecule has 0 radical (unpaired) electrons. The third kappa shape index (κ3) is 3.42. The largest absolute Gasteiger partial charge is 0.310 e. The molecule has 2 fully saturated rings. The molecule has 3 rings (SSSR count). The van der Waals surface area contributed by atoms with Crippen molar-refractivity contribution in [2.75, 3.05) is 6.54 Å². The molecular formula is C15H21ClN2O2S. The highest BCUT2D eigenvalue weighted by molar-refractivity contribution is 7.89. The van der Waals surface area contributed by atoms with Crippen LogP contribution in [0.4, 0.5) is 0 Å². The van der Waals surface area contributed by atoms with Gasteiger partial charge in [-0.25, -0.2) is 8.42 Å². The van der Waals surface area contributed by atoms with Crippen LogP contribution in [0.25, 0.3) is 0 Å². The molecule has 1 aromatic carbocycles. The number of halogens is 1. The molecule has 0 spiro atoms. The van der Waals surface area contributed by atoms with E-state index in [2.05, 4.69) is 5.32 Å². The van der Waals surface area contributed by atoms with Crippen LogP contribution in [0, 0.1) is 0 Å². The first-order valence-electron chi connectivity index (χ1n) is 7.56. The van der Waals surface area contributed by atoms with Gasteiger partial charge in [-0.05, 0) is 43.4 Å². The van der Waals surface area contributed by atoms with E-state index in [9.17, 15) is 8.42 Å². The van der Waals surface area contributed by atoms with E-state index in [4.69, 9.17) is 11.6 Å². The third-order valence-electron chi connectivity index (χ3n) is 4.02. The van der Waals surface area contributed by atoms with E-state index in [0.29, 0.717) is 24.2 Å². The van der Waals surface area contributed by atoms with Crippen LogP contribution >= 0.6 is 11.6 Å². The minimum Gasteiger partial charge on any atom is -0.310 e. The third-order valence-corrected chi connectivity index (χ3v) is 6.53. The molecule has 2 aliphatic rings. The molecule has 6 heteroatoms. The first kappa shape index (κ1) is 15.3. The Balaban J connectivity index is 1.86. The van der Waals surface area contributed by atoms with Crippen LogP contribution < -0.4 is 5.32 Å². The number of benzene rings is 1. The van der Waals surface area contributed by atoms with Gasteiger partial charge in [0.2, 0.25) is 10.0 Å². The Kier molecular flexibility index (Phi) is 4.28. The number of nitrogens with one attached hydrogen (secondary N) is 1. The highest BCUT2D eigenvalue weighted by Crippen LogP contribution is 2.34. The second-order valence-electron chi connectivity index (χ2n) is 5.86. The molecule has 0 aromatic heterocycles. The molecule has 2 saturated carbocycles. The lowest BCUT2D eigenvalue weighted by molar-refractivity contribution is 0.421. The first-order chi connectivity index (χ1) is 10.0. The number of hydrogen-bond donors (Lipinski definition) is 1. The van der Waals surface area contributed by atoms with E-state index in [1.807, 2.05) is 13.0 Å². The Hall–Kier alpha value is -0.620. The van der Waals surface area contributed by atoms with E-state index in [1.54, 1.807) is 16.4 Å². The monoisotopic (exact) mass is 328 g/mol. The summed E-state index contributed by atoms with van der Waals surface area (Å²) in [6.45, 7) is 3.07. The maximum absolute atomic E-state index is 12.8. The topological polar surface area (TPSA) is 49.4 Å². The minimum atomic E-state index is -3.49. The Labute approximate surface area is 131 Å². The standard InChI is InChI=1S/C15H21ClN2O2S/c1-2-18(13-6-7-13)21(19,20)15-9-11(3-8-14(15)16)10-17-12-4-5-12/h3,8-9,12-13,17H,2,4-7,10H2,1H3. The predicted octanol–water partition coefficient (Wildman–Crippen LogP) is 2.77. The van der Waals surface area contributed by atoms with E-state index >= 15 is 0 Å². The lowest BCUT2D eigenvalue weighted by Gasteiger charge is -2.21. The Bertz CT molecular complexity index is 625. The highest BCUT2D eigenvalue weighted by Gasteiger charge is 2.37. The number of sulfonamides is 1. The summed E-state index contributed by atoms with van der Waals surface area (Å²) in [4.78, 5) is 0.244. The van der Waals surface area contributed by atoms with Crippen molar-refractivity contribution in [3.05, 3.63) is 28.8 Å². The maximum Gasteiger partial charge on any atom is 0.244 e. The van der Waals surface area contributed by atoms with Gasteiger partial charge in [-0.1, -0.05) is 24.6 Å². The van der Waals surface area contributed by atoms with Crippen LogP contribution in [-0.2, 0) is 16.6 Å². The molecule has 0 atom stereocenters. The van der Waals surface area contributed by atoms with E-state index in [-0.39, 0.29) is 10.9 Å². The summed E-state index contributed by atoms with van der Waals surface area (Å²) in [7, 11) is -3.49. The summed E-state index contributed by atoms with van der Waals surface area (Å²) in [6, 6.07) is 6.06. The lowest BCUT2D eigenvalue weighted by atomic mass is 10.2. The van der Waals surface area contributed by atoms with Crippen molar-refractivity contribution in [1.29, 1.82) is 0 Å². The van der Waals surface area contributed by atoms with Crippen molar-refractivity contribution in [1.82, 2.24) is 9.62 Å². The summed E-state index contributed by atoms with van der Waals surface area (Å²) >= 11 is 6.16. The molecular weight excluding hydrogens is 308 g/mol. The van der Waals surface area contributed by atoms with Gasteiger partial charge in [-0.3, -0.25) is 0 Å². The lowest BCUT2D eigenvalue weighted by Crippen LogP contribution is -2.33. The molecule has 0 saturated heterocycles. The van der Waals surface area contributed by atoms with Crippen molar-refractivity contribution in [3.63, 3.8) is 0 Å². The van der Waals surface area contributed by atoms with Crippen LogP contribution in [0.3, 0.4) is 0 Å². The molecule has 116 valence electrons. The average Bonchev–Trinajstić information content (AvgIpc) is 3.32. The van der Waals surface area contributed by atoms with Crippen molar-refractivity contribution in [3.8, 4) is 0 Å². The fraction of sp³-hybridized carbons (Fsp3) is 0.600. The molecule has 0 unspecified atom stereocenters. The number of rotatable bonds is 7. The second-order valence-corrected chi connectivity index (χ2v) is 8.13. The fourth-order valence-corrected chi connectivity index (χ4v) is 4.74. The van der Waals surface area contributed by atoms with Gasteiger partial charge in [0.15, 0.2) is 0 Å². The summed E-state index contributed by atoms with van der Waals surface area (Å²) in [5, 5.41) is 3.71. The normalized spacial score (nSPS) is 19.2. The van der Waals surface area contributed by atoms with Crippen LogP contribution in [0.2, 0.25) is 5.02 Å². The van der Waals surface area contributed by atoms with Crippen molar-refractivity contribution >= 4 is 21.6 Å². The van der Waals surface area contributed by atoms with Gasteiger partial charge in [-0.2, -0.15) is 4.31 Å². The van der Waals surface area contributed by atoms with Gasteiger partial charge in [0.1, 0.15) is 4.90 Å². The zero-order chi connectivity index (χ0) is 15.0. The molecule has 0 bridgehead atoms. The molecule has 0 aliphatic heterocycles. The van der Waals surface area contributed by atoms with Crippen molar-refractivity contribution in [2.45, 2.75) is 56.1 Å². The Morgan fingerprint density at radius 3 is 2.57 bits per heavy atom. The minimum absolute atomic E-state index is 0.157. The molecule has 0 heterocycles. The first-order valence-corrected chi connectivity index (χ1v) is 9.38. The van der Waals surface area contributed by atoms with Crippen LogP contribution in [0.5, 0.6) is 0 Å². The fourth-order valence-electron chi connectivity index (χ4n) is 2.52. The summed E-state index contributed by atoms with van der Waals surface area (Å²) in [6.07, 6.45) is 4.33. The van der Waals surface area contributed by atoms with Crippen molar-refractivity contribution in [2.24, 2.45) is 0 Å². The molecule has 2 aliphatic carbocycles. The molecule has 0 amide bonds. The molecule has 1 N–H and O–H groups in total. The molecule has 4 nitrogen and oxygen atoms in total. The quantitative estimate of drug-likeness (QED) is 0.837. The van der Waals surface area contributed by atoms with E-state index in [1.165, 1.54) is 12.8 Å². The predicted molar refractivity (Wildman–Crippen MR) is 83.9 cm³/mol. The molecule has 1 aromatic rings. The van der Waals surface area contributed by atoms with Gasteiger partial charge in [-0.15, -0.1) is 0 Å². The van der Waals surface area contributed by atoms with Gasteiger partial charge in [0.25, 0.3) is 0 Å². The number of hydrogen-bond acceptors (Lipinski definition) is 3. The van der Waals surface area contributed by atoms with E-state index < -0.39 is 10.0 Å². The molecule has 21 heavy (non-hydrogen) atoms. The maximum atomic E-state index is 12.8. The summed E-state index contributed by atoms with van der Waals surface area (Å²) in [5.74, 6) is 0. The number of nitrogens with zero attached hydrogens (tertiary/aromatic N) is 1. The SMILES string of the molecule is CCN(C1CC1)S(=O)(=O)c1cc(CNC2CC2)ccc1Cl. The average molecular weight is 329 g/mol. The van der Waals surface area contributed by atoms with Gasteiger partial charge in [0, 0.05) is 25.2 Å².